The molecule has 0 amide bonds. The van der Waals surface area contributed by atoms with Crippen LogP contribution in [0, 0.1) is 6.92 Å². The van der Waals surface area contributed by atoms with E-state index in [0.29, 0.717) is 0 Å². The number of aromatic nitrogens is 1. The van der Waals surface area contributed by atoms with Gasteiger partial charge < -0.3 is 14.7 Å². The van der Waals surface area contributed by atoms with Gasteiger partial charge in [0.25, 0.3) is 0 Å². The van der Waals surface area contributed by atoms with Gasteiger partial charge in [0.05, 0.1) is 6.20 Å². The molecule has 4 nitrogen and oxygen atoms in total. The third-order valence-electron chi connectivity index (χ3n) is 1.56. The lowest BCUT2D eigenvalue weighted by Crippen LogP contribution is -2.21. The number of aryl methyl sites for hydroxylation is 1. The SMILES string of the molecule is Cc1cc(OB(O)O)cnc1C(F)(F)F. The molecule has 0 aliphatic rings. The second kappa shape index (κ2) is 4.07. The first-order chi connectivity index (χ1) is 6.80. The molecule has 1 rings (SSSR count). The van der Waals surface area contributed by atoms with Crippen molar-refractivity contribution < 1.29 is 27.9 Å². The Morgan fingerprint density at radius 3 is 2.40 bits per heavy atom. The minimum absolute atomic E-state index is 0.143. The Labute approximate surface area is 83.5 Å². The van der Waals surface area contributed by atoms with Crippen molar-refractivity contribution >= 4 is 7.32 Å². The smallest absolute Gasteiger partial charge is 0.511 e. The summed E-state index contributed by atoms with van der Waals surface area (Å²) in [5, 5.41) is 16.8. The molecule has 0 unspecified atom stereocenters. The lowest BCUT2D eigenvalue weighted by atomic mass is 10.2. The second-order valence-electron chi connectivity index (χ2n) is 2.78. The average Bonchev–Trinajstić information content (AvgIpc) is 1.99. The highest BCUT2D eigenvalue weighted by atomic mass is 19.4. The normalized spacial score (nSPS) is 11.3. The topological polar surface area (TPSA) is 62.6 Å². The van der Waals surface area contributed by atoms with Crippen LogP contribution in [0.2, 0.25) is 0 Å². The zero-order valence-corrected chi connectivity index (χ0v) is 7.62. The van der Waals surface area contributed by atoms with Crippen molar-refractivity contribution in [3.63, 3.8) is 0 Å². The van der Waals surface area contributed by atoms with Crippen LogP contribution in [0.25, 0.3) is 0 Å². The third kappa shape index (κ3) is 3.10. The zero-order chi connectivity index (χ0) is 11.6. The Morgan fingerprint density at radius 2 is 2.00 bits per heavy atom. The van der Waals surface area contributed by atoms with Crippen LogP contribution in [0.15, 0.2) is 12.3 Å². The molecule has 0 saturated heterocycles. The van der Waals surface area contributed by atoms with Gasteiger partial charge in [-0.25, -0.2) is 4.98 Å². The molecule has 2 N–H and O–H groups in total. The van der Waals surface area contributed by atoms with Crippen LogP contribution in [-0.2, 0) is 6.18 Å². The predicted molar refractivity (Wildman–Crippen MR) is 44.8 cm³/mol. The van der Waals surface area contributed by atoms with E-state index in [4.69, 9.17) is 10.0 Å². The van der Waals surface area contributed by atoms with Crippen molar-refractivity contribution in [2.45, 2.75) is 13.1 Å². The Bertz CT molecular complexity index is 356. The van der Waals surface area contributed by atoms with Crippen LogP contribution in [0.5, 0.6) is 5.75 Å². The first-order valence-corrected chi connectivity index (χ1v) is 3.87. The Hall–Kier alpha value is -1.28. The lowest BCUT2D eigenvalue weighted by Gasteiger charge is -2.10. The quantitative estimate of drug-likeness (QED) is 0.723. The molecule has 1 aromatic heterocycles. The van der Waals surface area contributed by atoms with E-state index in [1.165, 1.54) is 6.92 Å². The molecule has 0 bridgehead atoms. The maximum atomic E-state index is 12.2. The fourth-order valence-electron chi connectivity index (χ4n) is 1.03. The number of hydrogen-bond donors (Lipinski definition) is 2. The summed E-state index contributed by atoms with van der Waals surface area (Å²) in [4.78, 5) is 3.13. The third-order valence-corrected chi connectivity index (χ3v) is 1.56. The molecule has 0 aliphatic heterocycles. The minimum Gasteiger partial charge on any atom is -0.511 e. The number of hydrogen-bond acceptors (Lipinski definition) is 4. The standard InChI is InChI=1S/C7H7BF3NO3/c1-4-2-5(15-8(13)14)3-12-6(4)7(9,10)11/h2-3,13-14H,1H3. The van der Waals surface area contributed by atoms with Crippen LogP contribution in [0.4, 0.5) is 13.2 Å². The summed E-state index contributed by atoms with van der Waals surface area (Å²) in [7, 11) is -2.08. The zero-order valence-electron chi connectivity index (χ0n) is 7.62. The first kappa shape index (κ1) is 11.8. The molecule has 1 aromatic rings. The van der Waals surface area contributed by atoms with E-state index in [-0.39, 0.29) is 11.3 Å². The Balaban J connectivity index is 2.99. The van der Waals surface area contributed by atoms with Crippen LogP contribution in [0.3, 0.4) is 0 Å². The molecule has 0 atom stereocenters. The van der Waals surface area contributed by atoms with Gasteiger partial charge in [0.1, 0.15) is 11.4 Å². The molecule has 82 valence electrons. The predicted octanol–water partition coefficient (Wildman–Crippen LogP) is 0.757. The summed E-state index contributed by atoms with van der Waals surface area (Å²) in [6.07, 6.45) is -3.75. The summed E-state index contributed by atoms with van der Waals surface area (Å²) in [5.41, 5.74) is -1.18. The molecule has 15 heavy (non-hydrogen) atoms. The maximum Gasteiger partial charge on any atom is 0.707 e. The summed E-state index contributed by atoms with van der Waals surface area (Å²) in [5.74, 6) is -0.143. The van der Waals surface area contributed by atoms with Crippen molar-refractivity contribution in [2.24, 2.45) is 0 Å². The summed E-state index contributed by atoms with van der Waals surface area (Å²) >= 11 is 0. The van der Waals surface area contributed by atoms with Gasteiger partial charge in [-0.2, -0.15) is 13.2 Å². The molecule has 0 radical (unpaired) electrons. The molecule has 1 heterocycles. The molecule has 0 saturated carbocycles. The van der Waals surface area contributed by atoms with Gasteiger partial charge in [-0.15, -0.1) is 0 Å². The van der Waals surface area contributed by atoms with Crippen molar-refractivity contribution in [1.29, 1.82) is 0 Å². The highest BCUT2D eigenvalue weighted by molar-refractivity contribution is 6.33. The van der Waals surface area contributed by atoms with Crippen molar-refractivity contribution in [2.75, 3.05) is 0 Å². The van der Waals surface area contributed by atoms with Gasteiger partial charge >= 0.3 is 13.5 Å². The Kier molecular flexibility index (Phi) is 3.20. The van der Waals surface area contributed by atoms with E-state index < -0.39 is 19.2 Å². The van der Waals surface area contributed by atoms with E-state index in [9.17, 15) is 13.2 Å². The number of nitrogens with zero attached hydrogens (tertiary/aromatic N) is 1. The summed E-state index contributed by atoms with van der Waals surface area (Å²) in [6.45, 7) is 1.20. The molecule has 8 heteroatoms. The van der Waals surface area contributed by atoms with E-state index >= 15 is 0 Å². The highest BCUT2D eigenvalue weighted by Gasteiger charge is 2.34. The number of pyridine rings is 1. The van der Waals surface area contributed by atoms with E-state index in [0.717, 1.165) is 12.3 Å². The average molecular weight is 221 g/mol. The maximum absolute atomic E-state index is 12.2. The van der Waals surface area contributed by atoms with Crippen molar-refractivity contribution in [1.82, 2.24) is 4.98 Å². The number of halogens is 3. The molecular weight excluding hydrogens is 214 g/mol. The minimum atomic E-state index is -4.53. The van der Waals surface area contributed by atoms with Crippen LogP contribution < -0.4 is 4.65 Å². The van der Waals surface area contributed by atoms with Gasteiger partial charge in [-0.3, -0.25) is 0 Å². The fourth-order valence-corrected chi connectivity index (χ4v) is 1.03. The van der Waals surface area contributed by atoms with E-state index in [2.05, 4.69) is 9.64 Å². The molecule has 0 fully saturated rings. The summed E-state index contributed by atoms with van der Waals surface area (Å²) in [6, 6.07) is 1.02. The van der Waals surface area contributed by atoms with E-state index in [1.54, 1.807) is 0 Å². The molecule has 0 aromatic carbocycles. The monoisotopic (exact) mass is 221 g/mol. The van der Waals surface area contributed by atoms with Crippen molar-refractivity contribution in [3.8, 4) is 5.75 Å². The lowest BCUT2D eigenvalue weighted by molar-refractivity contribution is -0.141. The first-order valence-electron chi connectivity index (χ1n) is 3.87. The highest BCUT2D eigenvalue weighted by Crippen LogP contribution is 2.31. The van der Waals surface area contributed by atoms with Gasteiger partial charge in [0, 0.05) is 0 Å². The summed E-state index contributed by atoms with van der Waals surface area (Å²) < 4.78 is 41.1. The fraction of sp³-hybridized carbons (Fsp3) is 0.286. The van der Waals surface area contributed by atoms with Gasteiger partial charge in [-0.05, 0) is 18.6 Å². The Morgan fingerprint density at radius 1 is 1.40 bits per heavy atom. The van der Waals surface area contributed by atoms with E-state index in [1.807, 2.05) is 0 Å². The molecular formula is C7H7BF3NO3. The second-order valence-corrected chi connectivity index (χ2v) is 2.78. The number of alkyl halides is 3. The van der Waals surface area contributed by atoms with Crippen LogP contribution in [-0.4, -0.2) is 22.4 Å². The molecule has 0 aliphatic carbocycles. The van der Waals surface area contributed by atoms with Crippen LogP contribution in [0.1, 0.15) is 11.3 Å². The van der Waals surface area contributed by atoms with Gasteiger partial charge in [-0.1, -0.05) is 0 Å². The number of rotatable bonds is 2. The van der Waals surface area contributed by atoms with Crippen LogP contribution >= 0.6 is 0 Å². The molecule has 0 spiro atoms. The largest absolute Gasteiger partial charge is 0.707 e. The van der Waals surface area contributed by atoms with Crippen molar-refractivity contribution in [3.05, 3.63) is 23.5 Å². The van der Waals surface area contributed by atoms with Gasteiger partial charge in [0.2, 0.25) is 0 Å². The van der Waals surface area contributed by atoms with Gasteiger partial charge in [0.15, 0.2) is 0 Å².